The second-order valence-electron chi connectivity index (χ2n) is 6.46. The molecule has 0 atom stereocenters. The molecule has 1 aromatic heterocycles. The monoisotopic (exact) mass is 412 g/mol. The van der Waals surface area contributed by atoms with E-state index < -0.39 is 11.8 Å². The molecule has 0 spiro atoms. The number of ether oxygens (including phenoxy) is 1. The molecule has 0 aliphatic heterocycles. The molecule has 3 aromatic carbocycles. The molecule has 7 heteroatoms. The van der Waals surface area contributed by atoms with E-state index in [0.29, 0.717) is 17.3 Å². The van der Waals surface area contributed by atoms with Gasteiger partial charge in [-0.3, -0.25) is 5.43 Å². The summed E-state index contributed by atoms with van der Waals surface area (Å²) in [5.74, 6) is -0.0972. The molecule has 4 aromatic rings. The summed E-state index contributed by atoms with van der Waals surface area (Å²) in [6.45, 7) is 0. The molecule has 1 N–H and O–H groups in total. The highest BCUT2D eigenvalue weighted by atomic mass is 19.1. The van der Waals surface area contributed by atoms with Crippen molar-refractivity contribution < 1.29 is 13.9 Å². The van der Waals surface area contributed by atoms with Crippen molar-refractivity contribution in [2.45, 2.75) is 0 Å². The van der Waals surface area contributed by atoms with Gasteiger partial charge >= 0.3 is 5.97 Å². The average molecular weight is 412 g/mol. The lowest BCUT2D eigenvalue weighted by molar-refractivity contribution is 0.0734. The van der Waals surface area contributed by atoms with Crippen LogP contribution in [0.4, 0.5) is 10.1 Å². The van der Waals surface area contributed by atoms with Crippen LogP contribution in [-0.2, 0) is 0 Å². The molecule has 0 radical (unpaired) electrons. The fraction of sp³-hybridized carbons (Fsp3) is 0. The maximum atomic E-state index is 13.0. The van der Waals surface area contributed by atoms with Crippen molar-refractivity contribution in [1.82, 2.24) is 9.97 Å². The number of nitrogens with one attached hydrogen (secondary N) is 1. The number of carbonyl (C=O) groups is 1. The third-order valence-electron chi connectivity index (χ3n) is 4.24. The van der Waals surface area contributed by atoms with E-state index in [0.717, 1.165) is 11.3 Å². The molecule has 0 bridgehead atoms. The van der Waals surface area contributed by atoms with Crippen molar-refractivity contribution in [3.05, 3.63) is 108 Å². The van der Waals surface area contributed by atoms with Gasteiger partial charge in [0.25, 0.3) is 0 Å². The van der Waals surface area contributed by atoms with Gasteiger partial charge in [-0.15, -0.1) is 0 Å². The van der Waals surface area contributed by atoms with Crippen LogP contribution in [0.5, 0.6) is 5.75 Å². The molecule has 4 rings (SSSR count). The van der Waals surface area contributed by atoms with E-state index in [1.165, 1.54) is 24.3 Å². The zero-order valence-electron chi connectivity index (χ0n) is 16.3. The van der Waals surface area contributed by atoms with Gasteiger partial charge in [-0.1, -0.05) is 18.2 Å². The van der Waals surface area contributed by atoms with E-state index in [4.69, 9.17) is 4.74 Å². The summed E-state index contributed by atoms with van der Waals surface area (Å²) in [7, 11) is 0. The number of carbonyl (C=O) groups excluding carboxylic acids is 1. The number of hydrogen-bond donors (Lipinski definition) is 1. The second-order valence-corrected chi connectivity index (χ2v) is 6.46. The van der Waals surface area contributed by atoms with E-state index >= 15 is 0 Å². The lowest BCUT2D eigenvalue weighted by Gasteiger charge is -2.06. The van der Waals surface area contributed by atoms with Gasteiger partial charge in [-0.2, -0.15) is 5.10 Å². The highest BCUT2D eigenvalue weighted by Gasteiger charge is 2.09. The quantitative estimate of drug-likeness (QED) is 0.210. The van der Waals surface area contributed by atoms with Gasteiger partial charge in [0, 0.05) is 11.8 Å². The smallest absolute Gasteiger partial charge is 0.343 e. The van der Waals surface area contributed by atoms with Crippen LogP contribution >= 0.6 is 0 Å². The first-order chi connectivity index (χ1) is 15.2. The standard InChI is InChI=1S/C24H17FN4O2/c25-19-10-6-18(7-11-19)24(30)31-22-12-8-17(9-13-22)23-26-15-14-21(28-23)16-27-29-20-4-2-1-3-5-20/h1-16,29H/b27-16-. The largest absolute Gasteiger partial charge is 0.423 e. The molecule has 0 aliphatic carbocycles. The van der Waals surface area contributed by atoms with Crippen molar-refractivity contribution in [2.24, 2.45) is 5.10 Å². The van der Waals surface area contributed by atoms with Gasteiger partial charge in [0.2, 0.25) is 0 Å². The first-order valence-electron chi connectivity index (χ1n) is 9.43. The number of anilines is 1. The number of nitrogens with zero attached hydrogens (tertiary/aromatic N) is 3. The second kappa shape index (κ2) is 9.41. The van der Waals surface area contributed by atoms with Gasteiger partial charge < -0.3 is 4.74 Å². The van der Waals surface area contributed by atoms with Crippen molar-refractivity contribution in [3.63, 3.8) is 0 Å². The Hall–Kier alpha value is -4.39. The van der Waals surface area contributed by atoms with Crippen LogP contribution in [0.15, 0.2) is 96.2 Å². The van der Waals surface area contributed by atoms with Crippen molar-refractivity contribution in [2.75, 3.05) is 5.43 Å². The Balaban J connectivity index is 1.42. The number of esters is 1. The molecule has 0 saturated heterocycles. The van der Waals surface area contributed by atoms with E-state index in [-0.39, 0.29) is 5.56 Å². The van der Waals surface area contributed by atoms with Crippen molar-refractivity contribution in [1.29, 1.82) is 0 Å². The number of halogens is 1. The van der Waals surface area contributed by atoms with E-state index in [1.807, 2.05) is 30.3 Å². The first kappa shape index (κ1) is 19.9. The number of benzene rings is 3. The van der Waals surface area contributed by atoms with Crippen LogP contribution in [-0.4, -0.2) is 22.2 Å². The molecule has 0 aliphatic rings. The number of para-hydroxylation sites is 1. The van der Waals surface area contributed by atoms with Crippen LogP contribution in [0.3, 0.4) is 0 Å². The molecule has 0 saturated carbocycles. The molecule has 152 valence electrons. The Morgan fingerprint density at radius 1 is 0.935 bits per heavy atom. The van der Waals surface area contributed by atoms with Crippen LogP contribution in [0.25, 0.3) is 11.4 Å². The summed E-state index contributed by atoms with van der Waals surface area (Å²) >= 11 is 0. The summed E-state index contributed by atoms with van der Waals surface area (Å²) < 4.78 is 18.3. The van der Waals surface area contributed by atoms with E-state index in [2.05, 4.69) is 20.5 Å². The third-order valence-corrected chi connectivity index (χ3v) is 4.24. The van der Waals surface area contributed by atoms with Crippen LogP contribution < -0.4 is 10.2 Å². The maximum Gasteiger partial charge on any atom is 0.343 e. The van der Waals surface area contributed by atoms with Crippen LogP contribution in [0.1, 0.15) is 16.1 Å². The molecule has 6 nitrogen and oxygen atoms in total. The van der Waals surface area contributed by atoms with Crippen LogP contribution in [0, 0.1) is 5.82 Å². The SMILES string of the molecule is O=C(Oc1ccc(-c2nccc(/C=N\Nc3ccccc3)n2)cc1)c1ccc(F)cc1. The molecule has 0 fully saturated rings. The highest BCUT2D eigenvalue weighted by Crippen LogP contribution is 2.20. The molecule has 0 amide bonds. The van der Waals surface area contributed by atoms with Gasteiger partial charge in [0.1, 0.15) is 11.6 Å². The normalized spacial score (nSPS) is 10.7. The lowest BCUT2D eigenvalue weighted by atomic mass is 10.2. The topological polar surface area (TPSA) is 76.5 Å². The van der Waals surface area contributed by atoms with Crippen molar-refractivity contribution in [3.8, 4) is 17.1 Å². The molecular weight excluding hydrogens is 395 g/mol. The number of hydrogen-bond acceptors (Lipinski definition) is 6. The Labute approximate surface area is 178 Å². The zero-order valence-corrected chi connectivity index (χ0v) is 16.3. The van der Waals surface area contributed by atoms with Gasteiger partial charge in [-0.25, -0.2) is 19.2 Å². The van der Waals surface area contributed by atoms with Crippen molar-refractivity contribution >= 4 is 17.9 Å². The summed E-state index contributed by atoms with van der Waals surface area (Å²) in [5, 5.41) is 4.18. The highest BCUT2D eigenvalue weighted by molar-refractivity contribution is 5.91. The van der Waals surface area contributed by atoms with Crippen LogP contribution in [0.2, 0.25) is 0 Å². The lowest BCUT2D eigenvalue weighted by Crippen LogP contribution is -2.08. The Bertz CT molecular complexity index is 1190. The number of hydrazone groups is 1. The van der Waals surface area contributed by atoms with Gasteiger partial charge in [0.15, 0.2) is 5.82 Å². The summed E-state index contributed by atoms with van der Waals surface area (Å²) in [5.41, 5.74) is 5.47. The predicted molar refractivity (Wildman–Crippen MR) is 116 cm³/mol. The predicted octanol–water partition coefficient (Wildman–Crippen LogP) is 4.95. The number of rotatable bonds is 6. The first-order valence-corrected chi connectivity index (χ1v) is 9.43. The number of aromatic nitrogens is 2. The summed E-state index contributed by atoms with van der Waals surface area (Å²) in [4.78, 5) is 20.9. The summed E-state index contributed by atoms with van der Waals surface area (Å²) in [6, 6.07) is 23.3. The van der Waals surface area contributed by atoms with E-state index in [1.54, 1.807) is 42.7 Å². The maximum absolute atomic E-state index is 13.0. The molecule has 1 heterocycles. The molecular formula is C24H17FN4O2. The average Bonchev–Trinajstić information content (AvgIpc) is 2.81. The Morgan fingerprint density at radius 3 is 2.42 bits per heavy atom. The fourth-order valence-electron chi connectivity index (χ4n) is 2.69. The molecule has 31 heavy (non-hydrogen) atoms. The Morgan fingerprint density at radius 2 is 1.68 bits per heavy atom. The minimum Gasteiger partial charge on any atom is -0.423 e. The summed E-state index contributed by atoms with van der Waals surface area (Å²) in [6.07, 6.45) is 3.26. The third kappa shape index (κ3) is 5.36. The fourth-order valence-corrected chi connectivity index (χ4v) is 2.69. The van der Waals surface area contributed by atoms with Gasteiger partial charge in [-0.05, 0) is 66.7 Å². The zero-order chi connectivity index (χ0) is 21.5. The molecule has 0 unspecified atom stereocenters. The Kier molecular flexibility index (Phi) is 6.04. The van der Waals surface area contributed by atoms with E-state index in [9.17, 15) is 9.18 Å². The van der Waals surface area contributed by atoms with Gasteiger partial charge in [0.05, 0.1) is 23.2 Å². The minimum atomic E-state index is -0.562. The minimum absolute atomic E-state index is 0.268.